The molecule has 1 aliphatic carbocycles. The average Bonchev–Trinajstić information content (AvgIpc) is 3.82. The van der Waals surface area contributed by atoms with E-state index >= 15 is 4.39 Å². The lowest BCUT2D eigenvalue weighted by Gasteiger charge is -2.31. The molecule has 0 atom stereocenters. The number of thiophene rings is 2. The van der Waals surface area contributed by atoms with Gasteiger partial charge in [-0.25, -0.2) is 8.78 Å². The van der Waals surface area contributed by atoms with Gasteiger partial charge >= 0.3 is 0 Å². The Morgan fingerprint density at radius 3 is 1.26 bits per heavy atom. The molecule has 4 heteroatoms. The Morgan fingerprint density at radius 2 is 0.830 bits per heavy atom. The Morgan fingerprint density at radius 1 is 0.453 bits per heavy atom. The van der Waals surface area contributed by atoms with Crippen molar-refractivity contribution in [3.63, 3.8) is 0 Å². The van der Waals surface area contributed by atoms with Gasteiger partial charge in [-0.2, -0.15) is 0 Å². The number of unbranched alkanes of at least 4 members (excludes halogenated alkanes) is 26. The first-order valence-electron chi connectivity index (χ1n) is 22.6. The fourth-order valence-corrected chi connectivity index (χ4v) is 11.5. The molecular weight excluding hydrogens is 691 g/mol. The predicted octanol–water partition coefficient (Wildman–Crippen LogP) is 18.4. The van der Waals surface area contributed by atoms with E-state index in [9.17, 15) is 4.39 Å². The van der Waals surface area contributed by atoms with Crippen LogP contribution in [0.3, 0.4) is 0 Å². The van der Waals surface area contributed by atoms with E-state index in [1.807, 2.05) is 11.3 Å². The molecule has 0 radical (unpaired) electrons. The second-order valence-corrected chi connectivity index (χ2v) is 19.1. The minimum Gasteiger partial charge on any atom is -0.203 e. The molecule has 0 fully saturated rings. The molecule has 0 spiro atoms. The van der Waals surface area contributed by atoms with Gasteiger partial charge in [-0.05, 0) is 55.5 Å². The summed E-state index contributed by atoms with van der Waals surface area (Å²) in [7, 11) is 0. The molecule has 0 saturated carbocycles. The quantitative estimate of drug-likeness (QED) is 0.0572. The van der Waals surface area contributed by atoms with Gasteiger partial charge < -0.3 is 0 Å². The summed E-state index contributed by atoms with van der Waals surface area (Å²) in [5.74, 6) is -1.41. The first-order valence-corrected chi connectivity index (χ1v) is 24.3. The largest absolute Gasteiger partial charge is 0.203 e. The maximum Gasteiger partial charge on any atom is 0.167 e. The highest BCUT2D eigenvalue weighted by molar-refractivity contribution is 7.24. The summed E-state index contributed by atoms with van der Waals surface area (Å²) in [6, 6.07) is 8.27. The van der Waals surface area contributed by atoms with Crippen LogP contribution in [0.2, 0.25) is 0 Å². The van der Waals surface area contributed by atoms with Crippen molar-refractivity contribution in [2.75, 3.05) is 0 Å². The zero-order chi connectivity index (χ0) is 37.7. The van der Waals surface area contributed by atoms with Crippen molar-refractivity contribution in [2.45, 2.75) is 226 Å². The summed E-state index contributed by atoms with van der Waals surface area (Å²) < 4.78 is 30.1. The van der Waals surface area contributed by atoms with Crippen LogP contribution in [0.5, 0.6) is 0 Å². The lowest BCUT2D eigenvalue weighted by molar-refractivity contribution is 0.397. The first-order chi connectivity index (χ1) is 25.9. The van der Waals surface area contributed by atoms with Crippen molar-refractivity contribution >= 4 is 22.7 Å². The smallest absolute Gasteiger partial charge is 0.167 e. The molecule has 0 bridgehead atoms. The zero-order valence-electron chi connectivity index (χ0n) is 34.6. The third-order valence-corrected chi connectivity index (χ3v) is 14.7. The molecule has 0 nitrogen and oxygen atoms in total. The molecule has 0 aliphatic heterocycles. The van der Waals surface area contributed by atoms with Crippen LogP contribution < -0.4 is 0 Å². The number of benzene rings is 1. The van der Waals surface area contributed by atoms with Crippen LogP contribution in [0.1, 0.15) is 228 Å². The van der Waals surface area contributed by atoms with Gasteiger partial charge in [0, 0.05) is 30.5 Å². The first kappa shape index (κ1) is 44.2. The van der Waals surface area contributed by atoms with Crippen LogP contribution >= 0.6 is 22.7 Å². The molecule has 0 N–H and O–H groups in total. The van der Waals surface area contributed by atoms with E-state index in [0.29, 0.717) is 11.1 Å². The van der Waals surface area contributed by atoms with E-state index in [1.165, 1.54) is 218 Å². The standard InChI is InChI=1S/C49H76F2S2/c1-5-7-9-11-13-15-17-19-21-23-25-27-29-31-35-49(36-32-30-28-26-24-22-20-18-16-14-12-10-8-6-2)42-37-40(4)52-47(42)48-43(49)38-44(53-48)41-34-33-39(3)45(50)46(41)51/h33-34,37-38H,5-32,35-36H2,1-4H3. The van der Waals surface area contributed by atoms with Gasteiger partial charge in [0.2, 0.25) is 0 Å². The number of aryl methyl sites for hydroxylation is 2. The fraction of sp³-hybridized carbons (Fsp3) is 0.714. The van der Waals surface area contributed by atoms with E-state index in [1.54, 1.807) is 30.4 Å². The van der Waals surface area contributed by atoms with Gasteiger partial charge in [0.1, 0.15) is 0 Å². The second kappa shape index (κ2) is 24.9. The molecule has 53 heavy (non-hydrogen) atoms. The summed E-state index contributed by atoms with van der Waals surface area (Å²) >= 11 is 3.60. The Kier molecular flexibility index (Phi) is 20.7. The van der Waals surface area contributed by atoms with Gasteiger partial charge in [0.05, 0.1) is 0 Å². The van der Waals surface area contributed by atoms with Gasteiger partial charge in [0.15, 0.2) is 11.6 Å². The SMILES string of the molecule is CCCCCCCCCCCCCCCCC1(CCCCCCCCCCCCCCCC)c2cc(C)sc2-c2sc(-c3ccc(C)c(F)c3F)cc21. The van der Waals surface area contributed by atoms with Crippen molar-refractivity contribution in [3.05, 3.63) is 57.5 Å². The van der Waals surface area contributed by atoms with Crippen molar-refractivity contribution < 1.29 is 8.78 Å². The fourth-order valence-electron chi connectivity index (χ4n) is 8.97. The molecule has 0 saturated heterocycles. The van der Waals surface area contributed by atoms with Crippen molar-refractivity contribution in [3.8, 4) is 20.2 Å². The van der Waals surface area contributed by atoms with Crippen LogP contribution in [0.25, 0.3) is 20.2 Å². The van der Waals surface area contributed by atoms with Gasteiger partial charge in [-0.3, -0.25) is 0 Å². The minimum atomic E-state index is -0.709. The number of fused-ring (bicyclic) bond motifs is 3. The molecule has 298 valence electrons. The monoisotopic (exact) mass is 767 g/mol. The summed E-state index contributed by atoms with van der Waals surface area (Å²) in [5.41, 5.74) is 3.73. The average molecular weight is 767 g/mol. The number of rotatable bonds is 31. The van der Waals surface area contributed by atoms with Crippen LogP contribution in [0.15, 0.2) is 24.3 Å². The van der Waals surface area contributed by atoms with E-state index in [-0.39, 0.29) is 5.41 Å². The lowest BCUT2D eigenvalue weighted by atomic mass is 9.71. The van der Waals surface area contributed by atoms with Gasteiger partial charge in [-0.15, -0.1) is 22.7 Å². The maximum atomic E-state index is 15.3. The molecule has 1 aliphatic rings. The molecule has 2 aromatic heterocycles. The van der Waals surface area contributed by atoms with E-state index in [0.717, 1.165) is 4.88 Å². The Bertz CT molecular complexity index is 1400. The molecule has 1 aromatic carbocycles. The summed E-state index contributed by atoms with van der Waals surface area (Å²) in [6.07, 6.45) is 40.8. The molecule has 0 amide bonds. The predicted molar refractivity (Wildman–Crippen MR) is 233 cm³/mol. The van der Waals surface area contributed by atoms with Crippen LogP contribution in [-0.2, 0) is 5.41 Å². The molecule has 2 heterocycles. The van der Waals surface area contributed by atoms with E-state index < -0.39 is 11.6 Å². The maximum absolute atomic E-state index is 15.3. The summed E-state index contributed by atoms with van der Waals surface area (Å²) in [5, 5.41) is 0. The molecule has 3 aromatic rings. The lowest BCUT2D eigenvalue weighted by Crippen LogP contribution is -2.25. The Hall–Kier alpha value is -1.52. The topological polar surface area (TPSA) is 0 Å². The van der Waals surface area contributed by atoms with Crippen LogP contribution in [-0.4, -0.2) is 0 Å². The van der Waals surface area contributed by atoms with Crippen molar-refractivity contribution in [1.82, 2.24) is 0 Å². The molecule has 4 rings (SSSR count). The Balaban J connectivity index is 1.31. The molecule has 0 unspecified atom stereocenters. The molecular formula is C49H76F2S2. The normalized spacial score (nSPS) is 13.2. The minimum absolute atomic E-state index is 0.00183. The number of halogens is 2. The van der Waals surface area contributed by atoms with E-state index in [4.69, 9.17) is 0 Å². The van der Waals surface area contributed by atoms with Crippen molar-refractivity contribution in [1.29, 1.82) is 0 Å². The summed E-state index contributed by atoms with van der Waals surface area (Å²) in [6.45, 7) is 8.48. The van der Waals surface area contributed by atoms with Crippen LogP contribution in [0, 0.1) is 25.5 Å². The summed E-state index contributed by atoms with van der Waals surface area (Å²) in [4.78, 5) is 4.98. The van der Waals surface area contributed by atoms with Crippen molar-refractivity contribution in [2.24, 2.45) is 0 Å². The third kappa shape index (κ3) is 13.6. The van der Waals surface area contributed by atoms with Gasteiger partial charge in [0.25, 0.3) is 0 Å². The zero-order valence-corrected chi connectivity index (χ0v) is 36.2. The van der Waals surface area contributed by atoms with Crippen LogP contribution in [0.4, 0.5) is 8.78 Å². The number of hydrogen-bond acceptors (Lipinski definition) is 2. The highest BCUT2D eigenvalue weighted by Gasteiger charge is 2.45. The van der Waals surface area contributed by atoms with E-state index in [2.05, 4.69) is 32.9 Å². The second-order valence-electron chi connectivity index (χ2n) is 16.8. The number of hydrogen-bond donors (Lipinski definition) is 0. The third-order valence-electron chi connectivity index (χ3n) is 12.3. The van der Waals surface area contributed by atoms with Gasteiger partial charge in [-0.1, -0.05) is 206 Å². The Labute approximate surface area is 333 Å². The highest BCUT2D eigenvalue weighted by atomic mass is 32.1. The highest BCUT2D eigenvalue weighted by Crippen LogP contribution is 2.60.